The third kappa shape index (κ3) is 7.23. The summed E-state index contributed by atoms with van der Waals surface area (Å²) in [6.45, 7) is 5.26. The third-order valence-electron chi connectivity index (χ3n) is 3.99. The first-order chi connectivity index (χ1) is 13.8. The van der Waals surface area contributed by atoms with E-state index in [9.17, 15) is 18.8 Å². The van der Waals surface area contributed by atoms with Crippen molar-refractivity contribution in [3.05, 3.63) is 59.4 Å². The summed E-state index contributed by atoms with van der Waals surface area (Å²) in [5, 5.41) is 5.37. The first-order valence-electron chi connectivity index (χ1n) is 8.96. The highest BCUT2D eigenvalue weighted by atomic mass is 32.2. The lowest BCUT2D eigenvalue weighted by atomic mass is 10.1. The molecule has 0 aliphatic carbocycles. The van der Waals surface area contributed by atoms with Gasteiger partial charge in [0, 0.05) is 11.4 Å². The van der Waals surface area contributed by atoms with Gasteiger partial charge >= 0.3 is 5.97 Å². The Morgan fingerprint density at radius 1 is 1.00 bits per heavy atom. The number of thioether (sulfide) groups is 1. The molecule has 2 aromatic rings. The number of halogens is 1. The fraction of sp³-hybridized carbons (Fsp3) is 0.286. The van der Waals surface area contributed by atoms with E-state index in [4.69, 9.17) is 4.74 Å². The standard InChI is InChI=1S/C21H23FN2O4S/c1-13-5-4-6-14(2)20(13)24-21(27)15(3)28-19(26)12-29-11-18(25)23-17-9-7-16(22)8-10-17/h4-10,15H,11-12H2,1-3H3,(H,23,25)(H,24,27)/t15-/m0/s1. The van der Waals surface area contributed by atoms with E-state index < -0.39 is 23.8 Å². The zero-order valence-electron chi connectivity index (χ0n) is 16.5. The van der Waals surface area contributed by atoms with Crippen molar-refractivity contribution in [1.82, 2.24) is 0 Å². The molecule has 0 unspecified atom stereocenters. The molecule has 6 nitrogen and oxygen atoms in total. The summed E-state index contributed by atoms with van der Waals surface area (Å²) < 4.78 is 18.0. The molecule has 2 amide bonds. The second-order valence-corrected chi connectivity index (χ2v) is 7.42. The minimum atomic E-state index is -0.963. The molecule has 1 atom stereocenters. The minimum absolute atomic E-state index is 0.0233. The Hall–Kier alpha value is -2.87. The van der Waals surface area contributed by atoms with E-state index in [0.29, 0.717) is 11.4 Å². The molecule has 2 aromatic carbocycles. The van der Waals surface area contributed by atoms with E-state index in [-0.39, 0.29) is 17.4 Å². The van der Waals surface area contributed by atoms with Gasteiger partial charge in [-0.05, 0) is 56.2 Å². The van der Waals surface area contributed by atoms with Crippen LogP contribution in [0.5, 0.6) is 0 Å². The first-order valence-corrected chi connectivity index (χ1v) is 10.1. The maximum absolute atomic E-state index is 12.8. The van der Waals surface area contributed by atoms with Gasteiger partial charge in [-0.3, -0.25) is 14.4 Å². The van der Waals surface area contributed by atoms with Gasteiger partial charge in [0.15, 0.2) is 6.10 Å². The third-order valence-corrected chi connectivity index (χ3v) is 4.89. The van der Waals surface area contributed by atoms with Crippen LogP contribution in [0, 0.1) is 19.7 Å². The number of ether oxygens (including phenoxy) is 1. The van der Waals surface area contributed by atoms with Crippen LogP contribution in [-0.2, 0) is 19.1 Å². The van der Waals surface area contributed by atoms with Gasteiger partial charge < -0.3 is 15.4 Å². The lowest BCUT2D eigenvalue weighted by Gasteiger charge is -2.16. The fourth-order valence-corrected chi connectivity index (χ4v) is 3.07. The van der Waals surface area contributed by atoms with Crippen molar-refractivity contribution in [3.8, 4) is 0 Å². The van der Waals surface area contributed by atoms with Crippen LogP contribution >= 0.6 is 11.8 Å². The molecule has 0 radical (unpaired) electrons. The van der Waals surface area contributed by atoms with Crippen molar-refractivity contribution in [2.24, 2.45) is 0 Å². The highest BCUT2D eigenvalue weighted by Gasteiger charge is 2.19. The topological polar surface area (TPSA) is 84.5 Å². The number of para-hydroxylation sites is 1. The monoisotopic (exact) mass is 418 g/mol. The number of rotatable bonds is 8. The number of hydrogen-bond donors (Lipinski definition) is 2. The number of anilines is 2. The average Bonchev–Trinajstić information content (AvgIpc) is 2.66. The van der Waals surface area contributed by atoms with Crippen molar-refractivity contribution in [3.63, 3.8) is 0 Å². The molecule has 2 N–H and O–H groups in total. The number of carbonyl (C=O) groups is 3. The van der Waals surface area contributed by atoms with Crippen LogP contribution in [0.1, 0.15) is 18.1 Å². The van der Waals surface area contributed by atoms with Gasteiger partial charge in [0.05, 0.1) is 11.5 Å². The van der Waals surface area contributed by atoms with Gasteiger partial charge in [-0.2, -0.15) is 0 Å². The average molecular weight is 418 g/mol. The molecular formula is C21H23FN2O4S. The molecule has 0 bridgehead atoms. The molecule has 0 fully saturated rings. The molecule has 0 heterocycles. The van der Waals surface area contributed by atoms with Gasteiger partial charge in [0.1, 0.15) is 5.82 Å². The Morgan fingerprint density at radius 3 is 2.24 bits per heavy atom. The number of carbonyl (C=O) groups excluding carboxylic acids is 3. The lowest BCUT2D eigenvalue weighted by molar-refractivity contribution is -0.150. The van der Waals surface area contributed by atoms with Crippen LogP contribution in [0.25, 0.3) is 0 Å². The number of amides is 2. The molecule has 2 rings (SSSR count). The highest BCUT2D eigenvalue weighted by Crippen LogP contribution is 2.20. The van der Waals surface area contributed by atoms with E-state index in [1.54, 1.807) is 0 Å². The van der Waals surface area contributed by atoms with Crippen molar-refractivity contribution < 1.29 is 23.5 Å². The Labute approximate surface area is 173 Å². The molecule has 8 heteroatoms. The van der Waals surface area contributed by atoms with Crippen LogP contribution in [0.15, 0.2) is 42.5 Å². The summed E-state index contributed by atoms with van der Waals surface area (Å²) in [5.41, 5.74) is 3.00. The summed E-state index contributed by atoms with van der Waals surface area (Å²) in [6.07, 6.45) is -0.963. The second kappa shape index (κ2) is 10.6. The van der Waals surface area contributed by atoms with E-state index in [1.165, 1.54) is 31.2 Å². The first kappa shape index (κ1) is 22.4. The quantitative estimate of drug-likeness (QED) is 0.639. The van der Waals surface area contributed by atoms with Crippen molar-refractivity contribution in [2.75, 3.05) is 22.1 Å². The van der Waals surface area contributed by atoms with Crippen LogP contribution in [0.4, 0.5) is 15.8 Å². The van der Waals surface area contributed by atoms with Crippen LogP contribution in [0.2, 0.25) is 0 Å². The number of aryl methyl sites for hydroxylation is 2. The second-order valence-electron chi connectivity index (χ2n) is 6.44. The van der Waals surface area contributed by atoms with Gasteiger partial charge in [-0.25, -0.2) is 4.39 Å². The SMILES string of the molecule is Cc1cccc(C)c1NC(=O)[C@H](C)OC(=O)CSCC(=O)Nc1ccc(F)cc1. The largest absolute Gasteiger partial charge is 0.452 e. The molecule has 0 aliphatic rings. The van der Waals surface area contributed by atoms with Crippen molar-refractivity contribution in [2.45, 2.75) is 26.9 Å². The maximum atomic E-state index is 12.8. The van der Waals surface area contributed by atoms with E-state index in [1.807, 2.05) is 32.0 Å². The molecule has 0 spiro atoms. The summed E-state index contributed by atoms with van der Waals surface area (Å²) in [5.74, 6) is -1.78. The number of benzene rings is 2. The molecule has 0 aliphatic heterocycles. The number of hydrogen-bond acceptors (Lipinski definition) is 5. The summed E-state index contributed by atoms with van der Waals surface area (Å²) in [4.78, 5) is 36.0. The Morgan fingerprint density at radius 2 is 1.62 bits per heavy atom. The van der Waals surface area contributed by atoms with Gasteiger partial charge in [-0.15, -0.1) is 11.8 Å². The molecule has 0 saturated heterocycles. The summed E-state index contributed by atoms with van der Waals surface area (Å²) >= 11 is 1.06. The van der Waals surface area contributed by atoms with Gasteiger partial charge in [-0.1, -0.05) is 18.2 Å². The van der Waals surface area contributed by atoms with Crippen LogP contribution in [0.3, 0.4) is 0 Å². The van der Waals surface area contributed by atoms with Crippen LogP contribution < -0.4 is 10.6 Å². The molecule has 29 heavy (non-hydrogen) atoms. The smallest absolute Gasteiger partial charge is 0.316 e. The Kier molecular flexibility index (Phi) is 8.21. The van der Waals surface area contributed by atoms with E-state index >= 15 is 0 Å². The van der Waals surface area contributed by atoms with Crippen LogP contribution in [-0.4, -0.2) is 35.4 Å². The Balaban J connectivity index is 1.73. The fourth-order valence-electron chi connectivity index (χ4n) is 2.48. The molecule has 0 aromatic heterocycles. The molecule has 154 valence electrons. The predicted octanol–water partition coefficient (Wildman–Crippen LogP) is 3.68. The van der Waals surface area contributed by atoms with Gasteiger partial charge in [0.2, 0.25) is 5.91 Å². The maximum Gasteiger partial charge on any atom is 0.316 e. The van der Waals surface area contributed by atoms with E-state index in [2.05, 4.69) is 10.6 Å². The number of nitrogens with one attached hydrogen (secondary N) is 2. The van der Waals surface area contributed by atoms with Crippen molar-refractivity contribution in [1.29, 1.82) is 0 Å². The molecule has 0 saturated carbocycles. The minimum Gasteiger partial charge on any atom is -0.452 e. The lowest BCUT2D eigenvalue weighted by Crippen LogP contribution is -2.31. The summed E-state index contributed by atoms with van der Waals surface area (Å²) in [6, 6.07) is 11.0. The summed E-state index contributed by atoms with van der Waals surface area (Å²) in [7, 11) is 0. The predicted molar refractivity (Wildman–Crippen MR) is 112 cm³/mol. The van der Waals surface area contributed by atoms with E-state index in [0.717, 1.165) is 22.9 Å². The Bertz CT molecular complexity index is 866. The highest BCUT2D eigenvalue weighted by molar-refractivity contribution is 8.00. The van der Waals surface area contributed by atoms with Gasteiger partial charge in [0.25, 0.3) is 5.91 Å². The number of esters is 1. The molecular weight excluding hydrogens is 395 g/mol. The normalized spacial score (nSPS) is 11.4. The zero-order valence-corrected chi connectivity index (χ0v) is 17.3. The van der Waals surface area contributed by atoms with Crippen molar-refractivity contribution >= 4 is 40.9 Å². The zero-order chi connectivity index (χ0) is 21.4.